The van der Waals surface area contributed by atoms with E-state index in [4.69, 9.17) is 5.26 Å². The lowest BCUT2D eigenvalue weighted by molar-refractivity contribution is -0.118. The molecule has 0 radical (unpaired) electrons. The van der Waals surface area contributed by atoms with E-state index in [-0.39, 0.29) is 12.3 Å². The van der Waals surface area contributed by atoms with E-state index in [2.05, 4.69) is 4.74 Å². The molecule has 0 amide bonds. The summed E-state index contributed by atoms with van der Waals surface area (Å²) in [5.41, 5.74) is 1.29. The first kappa shape index (κ1) is 12.1. The van der Waals surface area contributed by atoms with Crippen LogP contribution in [-0.4, -0.2) is 32.0 Å². The van der Waals surface area contributed by atoms with Gasteiger partial charge in [0.05, 0.1) is 25.3 Å². The van der Waals surface area contributed by atoms with Gasteiger partial charge in [-0.15, -0.1) is 0 Å². The predicted molar refractivity (Wildman–Crippen MR) is 64.1 cm³/mol. The molecule has 0 aromatic heterocycles. The second kappa shape index (κ2) is 4.88. The summed E-state index contributed by atoms with van der Waals surface area (Å²) in [5.74, 6) is -1.01. The van der Waals surface area contributed by atoms with Crippen LogP contribution in [0, 0.1) is 17.2 Å². The van der Waals surface area contributed by atoms with Crippen LogP contribution in [0.1, 0.15) is 10.4 Å². The molecule has 1 aliphatic heterocycles. The van der Waals surface area contributed by atoms with Gasteiger partial charge in [0.25, 0.3) is 0 Å². The Balaban J connectivity index is 2.14. The molecule has 5 heteroatoms. The summed E-state index contributed by atoms with van der Waals surface area (Å²) in [6.07, 6.45) is 0. The molecule has 1 aliphatic rings. The quantitative estimate of drug-likeness (QED) is 0.726. The van der Waals surface area contributed by atoms with E-state index >= 15 is 0 Å². The Morgan fingerprint density at radius 3 is 2.61 bits per heavy atom. The van der Waals surface area contributed by atoms with Crippen LogP contribution in [-0.2, 0) is 9.53 Å². The molecule has 0 N–H and O–H groups in total. The van der Waals surface area contributed by atoms with Crippen molar-refractivity contribution < 1.29 is 14.3 Å². The first-order valence-electron chi connectivity index (χ1n) is 5.51. The fourth-order valence-electron chi connectivity index (χ4n) is 1.92. The minimum Gasteiger partial charge on any atom is -0.465 e. The number of methoxy groups -OCH3 is 1. The number of esters is 1. The van der Waals surface area contributed by atoms with E-state index in [0.717, 1.165) is 5.69 Å². The van der Waals surface area contributed by atoms with E-state index in [1.807, 2.05) is 11.0 Å². The van der Waals surface area contributed by atoms with Gasteiger partial charge in [-0.05, 0) is 24.3 Å². The van der Waals surface area contributed by atoms with Crippen molar-refractivity contribution in [3.63, 3.8) is 0 Å². The fourth-order valence-corrected chi connectivity index (χ4v) is 1.92. The smallest absolute Gasteiger partial charge is 0.337 e. The van der Waals surface area contributed by atoms with Crippen LogP contribution in [0.5, 0.6) is 0 Å². The van der Waals surface area contributed by atoms with Crippen molar-refractivity contribution >= 4 is 17.4 Å². The third kappa shape index (κ3) is 2.18. The summed E-state index contributed by atoms with van der Waals surface area (Å²) >= 11 is 0. The summed E-state index contributed by atoms with van der Waals surface area (Å²) in [4.78, 5) is 24.6. The highest BCUT2D eigenvalue weighted by Gasteiger charge is 2.30. The average Bonchev–Trinajstić information content (AvgIpc) is 2.79. The Morgan fingerprint density at radius 2 is 2.11 bits per heavy atom. The molecule has 0 spiro atoms. The molecule has 0 aliphatic carbocycles. The van der Waals surface area contributed by atoms with E-state index in [9.17, 15) is 9.59 Å². The minimum absolute atomic E-state index is 0.0606. The summed E-state index contributed by atoms with van der Waals surface area (Å²) < 4.78 is 4.60. The van der Waals surface area contributed by atoms with Gasteiger partial charge in [-0.1, -0.05) is 0 Å². The molecule has 1 heterocycles. The highest BCUT2D eigenvalue weighted by Crippen LogP contribution is 2.22. The lowest BCUT2D eigenvalue weighted by atomic mass is 10.1. The predicted octanol–water partition coefficient (Wildman–Crippen LogP) is 1.00. The van der Waals surface area contributed by atoms with Crippen molar-refractivity contribution in [3.05, 3.63) is 29.8 Å². The molecule has 5 nitrogen and oxygen atoms in total. The van der Waals surface area contributed by atoms with Crippen molar-refractivity contribution in [2.24, 2.45) is 5.92 Å². The summed E-state index contributed by atoms with van der Waals surface area (Å²) in [7, 11) is 1.33. The zero-order chi connectivity index (χ0) is 13.1. The fraction of sp³-hybridized carbons (Fsp3) is 0.308. The van der Waals surface area contributed by atoms with Crippen molar-refractivity contribution in [2.45, 2.75) is 0 Å². The monoisotopic (exact) mass is 244 g/mol. The average molecular weight is 244 g/mol. The number of benzene rings is 1. The minimum atomic E-state index is -0.551. The summed E-state index contributed by atoms with van der Waals surface area (Å²) in [6.45, 7) is 0.655. The lowest BCUT2D eigenvalue weighted by Gasteiger charge is -2.16. The molecular weight excluding hydrogens is 232 g/mol. The Kier molecular flexibility index (Phi) is 3.28. The van der Waals surface area contributed by atoms with Crippen molar-refractivity contribution in [1.29, 1.82) is 5.26 Å². The molecule has 2 rings (SSSR count). The molecule has 1 fully saturated rings. The largest absolute Gasteiger partial charge is 0.465 e. The molecular formula is C13H12N2O3. The van der Waals surface area contributed by atoms with E-state index < -0.39 is 11.9 Å². The number of ether oxygens (including phenoxy) is 1. The van der Waals surface area contributed by atoms with Crippen LogP contribution >= 0.6 is 0 Å². The van der Waals surface area contributed by atoms with Crippen molar-refractivity contribution in [3.8, 4) is 6.07 Å². The molecule has 1 unspecified atom stereocenters. The Bertz CT molecular complexity index is 516. The second-order valence-corrected chi connectivity index (χ2v) is 4.07. The third-order valence-electron chi connectivity index (χ3n) is 2.95. The van der Waals surface area contributed by atoms with E-state index in [0.29, 0.717) is 12.1 Å². The van der Waals surface area contributed by atoms with Crippen molar-refractivity contribution in [1.82, 2.24) is 0 Å². The van der Waals surface area contributed by atoms with Crippen molar-refractivity contribution in [2.75, 3.05) is 25.1 Å². The number of carbonyl (C=O) groups is 2. The zero-order valence-corrected chi connectivity index (χ0v) is 9.92. The van der Waals surface area contributed by atoms with Gasteiger partial charge in [0.15, 0.2) is 5.78 Å². The maximum Gasteiger partial charge on any atom is 0.337 e. The zero-order valence-electron chi connectivity index (χ0n) is 9.92. The standard InChI is InChI=1S/C13H12N2O3/c1-18-13(17)9-2-4-11(5-3-9)15-7-10(6-14)12(16)8-15/h2-5,10H,7-8H2,1H3. The summed E-state index contributed by atoms with van der Waals surface area (Å²) in [6, 6.07) is 8.77. The van der Waals surface area contributed by atoms with Gasteiger partial charge >= 0.3 is 5.97 Å². The highest BCUT2D eigenvalue weighted by molar-refractivity contribution is 5.92. The first-order valence-corrected chi connectivity index (χ1v) is 5.51. The second-order valence-electron chi connectivity index (χ2n) is 4.07. The highest BCUT2D eigenvalue weighted by atomic mass is 16.5. The number of ketones is 1. The number of hydrogen-bond acceptors (Lipinski definition) is 5. The van der Waals surface area contributed by atoms with E-state index in [1.54, 1.807) is 24.3 Å². The van der Waals surface area contributed by atoms with E-state index in [1.165, 1.54) is 7.11 Å². The molecule has 0 bridgehead atoms. The maximum atomic E-state index is 11.5. The molecule has 18 heavy (non-hydrogen) atoms. The van der Waals surface area contributed by atoms with Crippen LogP contribution < -0.4 is 4.90 Å². The topological polar surface area (TPSA) is 70.4 Å². The maximum absolute atomic E-state index is 11.5. The number of anilines is 1. The molecule has 1 aromatic carbocycles. The van der Waals surface area contributed by atoms with Gasteiger partial charge in [0.2, 0.25) is 0 Å². The number of hydrogen-bond donors (Lipinski definition) is 0. The Morgan fingerprint density at radius 1 is 1.44 bits per heavy atom. The van der Waals surface area contributed by atoms with Gasteiger partial charge < -0.3 is 9.64 Å². The lowest BCUT2D eigenvalue weighted by Crippen LogP contribution is -2.19. The van der Waals surface area contributed by atoms with Crippen LogP contribution in [0.2, 0.25) is 0 Å². The Hall–Kier alpha value is -2.35. The van der Waals surface area contributed by atoms with Gasteiger partial charge in [-0.25, -0.2) is 4.79 Å². The molecule has 1 aromatic rings. The number of nitriles is 1. The van der Waals surface area contributed by atoms with Gasteiger partial charge in [-0.2, -0.15) is 5.26 Å². The summed E-state index contributed by atoms with van der Waals surface area (Å²) in [5, 5.41) is 8.79. The van der Waals surface area contributed by atoms with Gasteiger partial charge in [0, 0.05) is 12.2 Å². The first-order chi connectivity index (χ1) is 8.65. The SMILES string of the molecule is COC(=O)c1ccc(N2CC(=O)C(C#N)C2)cc1. The van der Waals surface area contributed by atoms with Gasteiger partial charge in [0.1, 0.15) is 5.92 Å². The number of rotatable bonds is 2. The molecule has 0 saturated carbocycles. The normalized spacial score (nSPS) is 18.6. The van der Waals surface area contributed by atoms with Crippen LogP contribution in [0.15, 0.2) is 24.3 Å². The molecule has 1 atom stereocenters. The molecule has 1 saturated heterocycles. The van der Waals surface area contributed by atoms with Crippen LogP contribution in [0.3, 0.4) is 0 Å². The number of carbonyl (C=O) groups excluding carboxylic acids is 2. The Labute approximate surface area is 105 Å². The van der Waals surface area contributed by atoms with Crippen LogP contribution in [0.4, 0.5) is 5.69 Å². The van der Waals surface area contributed by atoms with Crippen LogP contribution in [0.25, 0.3) is 0 Å². The molecule has 92 valence electrons. The van der Waals surface area contributed by atoms with Gasteiger partial charge in [-0.3, -0.25) is 4.79 Å². The number of nitrogens with zero attached hydrogens (tertiary/aromatic N) is 2. The number of Topliss-reactive ketones (excluding diaryl/α,β-unsaturated/α-hetero) is 1. The third-order valence-corrected chi connectivity index (χ3v) is 2.95.